The number of anilines is 1. The summed E-state index contributed by atoms with van der Waals surface area (Å²) in [5.74, 6) is -1.12. The number of benzene rings is 3. The summed E-state index contributed by atoms with van der Waals surface area (Å²) in [6.45, 7) is 3.35. The van der Waals surface area contributed by atoms with Crippen molar-refractivity contribution in [3.05, 3.63) is 89.2 Å². The van der Waals surface area contributed by atoms with Crippen molar-refractivity contribution >= 4 is 39.1 Å². The summed E-state index contributed by atoms with van der Waals surface area (Å²) in [6, 6.07) is 16.7. The molecule has 3 aromatic rings. The molecule has 0 aliphatic rings. The molecule has 0 radical (unpaired) electrons. The van der Waals surface area contributed by atoms with Gasteiger partial charge in [0.05, 0.1) is 22.7 Å². The van der Waals surface area contributed by atoms with Gasteiger partial charge in [-0.2, -0.15) is 0 Å². The van der Waals surface area contributed by atoms with Crippen LogP contribution in [0.15, 0.2) is 77.7 Å². The van der Waals surface area contributed by atoms with Gasteiger partial charge in [-0.15, -0.1) is 0 Å². The third-order valence-electron chi connectivity index (χ3n) is 6.30. The molecule has 1 unspecified atom stereocenters. The summed E-state index contributed by atoms with van der Waals surface area (Å²) < 4.78 is 47.3. The lowest BCUT2D eigenvalue weighted by atomic mass is 10.1. The van der Waals surface area contributed by atoms with E-state index < -0.39 is 34.3 Å². The molecule has 40 heavy (non-hydrogen) atoms. The minimum absolute atomic E-state index is 0.0230. The SMILES string of the molecule is CCCCNC(=O)C(C)N(Cc1ccc(F)cc1)C(=O)CN(c1ccc(OC)c(Cl)c1)S(=O)(=O)c1ccccc1. The molecular weight excluding hydrogens is 557 g/mol. The number of methoxy groups -OCH3 is 1. The van der Waals surface area contributed by atoms with Gasteiger partial charge in [0.1, 0.15) is 24.2 Å². The van der Waals surface area contributed by atoms with Crippen LogP contribution >= 0.6 is 11.6 Å². The van der Waals surface area contributed by atoms with E-state index in [1.54, 1.807) is 25.1 Å². The summed E-state index contributed by atoms with van der Waals surface area (Å²) in [7, 11) is -2.79. The van der Waals surface area contributed by atoms with Crippen LogP contribution in [0.1, 0.15) is 32.3 Å². The first-order valence-electron chi connectivity index (χ1n) is 12.8. The Morgan fingerprint density at radius 2 is 1.73 bits per heavy atom. The molecule has 3 rings (SSSR count). The van der Waals surface area contributed by atoms with Gasteiger partial charge < -0.3 is 15.0 Å². The molecule has 8 nitrogen and oxygen atoms in total. The van der Waals surface area contributed by atoms with Gasteiger partial charge in [0.25, 0.3) is 10.0 Å². The maximum Gasteiger partial charge on any atom is 0.264 e. The largest absolute Gasteiger partial charge is 0.495 e. The van der Waals surface area contributed by atoms with Gasteiger partial charge in [-0.3, -0.25) is 13.9 Å². The lowest BCUT2D eigenvalue weighted by molar-refractivity contribution is -0.139. The number of halogens is 2. The van der Waals surface area contributed by atoms with Crippen molar-refractivity contribution < 1.29 is 27.1 Å². The molecule has 3 aromatic carbocycles. The smallest absolute Gasteiger partial charge is 0.264 e. The number of amides is 2. The standard InChI is InChI=1S/C29H33ClFN3O5S/c1-4-5-17-32-29(36)21(2)33(19-22-11-13-23(31)14-12-22)28(35)20-34(24-15-16-27(39-3)26(30)18-24)40(37,38)25-9-7-6-8-10-25/h6-16,18,21H,4-5,17,19-20H2,1-3H3,(H,32,36). The summed E-state index contributed by atoms with van der Waals surface area (Å²) in [5.41, 5.74) is 0.720. The van der Waals surface area contributed by atoms with Crippen LogP contribution in [0.2, 0.25) is 5.02 Å². The Hall–Kier alpha value is -3.63. The van der Waals surface area contributed by atoms with E-state index >= 15 is 0 Å². The fraction of sp³-hybridized carbons (Fsp3) is 0.310. The van der Waals surface area contributed by atoms with Crippen molar-refractivity contribution in [3.63, 3.8) is 0 Å². The predicted molar refractivity (Wildman–Crippen MR) is 153 cm³/mol. The van der Waals surface area contributed by atoms with E-state index in [4.69, 9.17) is 16.3 Å². The van der Waals surface area contributed by atoms with Crippen LogP contribution in [0, 0.1) is 5.82 Å². The first-order chi connectivity index (χ1) is 19.1. The Balaban J connectivity index is 2.02. The molecule has 11 heteroatoms. The molecule has 0 fully saturated rings. The average molecular weight is 590 g/mol. The van der Waals surface area contributed by atoms with E-state index in [-0.39, 0.29) is 28.1 Å². The molecule has 0 saturated heterocycles. The van der Waals surface area contributed by atoms with Gasteiger partial charge in [-0.25, -0.2) is 12.8 Å². The second-order valence-electron chi connectivity index (χ2n) is 9.11. The van der Waals surface area contributed by atoms with E-state index in [1.807, 2.05) is 6.92 Å². The Kier molecular flexibility index (Phi) is 10.9. The number of ether oxygens (including phenoxy) is 1. The Morgan fingerprint density at radius 3 is 2.33 bits per heavy atom. The van der Waals surface area contributed by atoms with Crippen LogP contribution in [0.25, 0.3) is 0 Å². The fourth-order valence-electron chi connectivity index (χ4n) is 3.96. The maximum absolute atomic E-state index is 13.9. The summed E-state index contributed by atoms with van der Waals surface area (Å²) in [5, 5.41) is 2.98. The highest BCUT2D eigenvalue weighted by Gasteiger charge is 2.32. The third-order valence-corrected chi connectivity index (χ3v) is 8.38. The van der Waals surface area contributed by atoms with Gasteiger partial charge in [0.2, 0.25) is 11.8 Å². The first-order valence-corrected chi connectivity index (χ1v) is 14.6. The van der Waals surface area contributed by atoms with Crippen LogP contribution in [-0.4, -0.2) is 51.4 Å². The highest BCUT2D eigenvalue weighted by atomic mass is 35.5. The van der Waals surface area contributed by atoms with Crippen LogP contribution in [0.5, 0.6) is 5.75 Å². The molecule has 0 aliphatic carbocycles. The molecule has 0 aliphatic heterocycles. The lowest BCUT2D eigenvalue weighted by Gasteiger charge is -2.32. The molecule has 0 heterocycles. The second-order valence-corrected chi connectivity index (χ2v) is 11.4. The van der Waals surface area contributed by atoms with E-state index in [2.05, 4.69) is 5.32 Å². The van der Waals surface area contributed by atoms with Crippen LogP contribution in [0.3, 0.4) is 0 Å². The minimum atomic E-state index is -4.22. The van der Waals surface area contributed by atoms with Crippen molar-refractivity contribution in [3.8, 4) is 5.75 Å². The minimum Gasteiger partial charge on any atom is -0.495 e. The predicted octanol–water partition coefficient (Wildman–Crippen LogP) is 5.02. The molecule has 1 N–H and O–H groups in total. The molecule has 0 bridgehead atoms. The number of carbonyl (C=O) groups is 2. The van der Waals surface area contributed by atoms with Crippen LogP contribution in [-0.2, 0) is 26.2 Å². The molecule has 0 aromatic heterocycles. The Bertz CT molecular complexity index is 1400. The van der Waals surface area contributed by atoms with Gasteiger partial charge in [0.15, 0.2) is 0 Å². The Morgan fingerprint density at radius 1 is 1.05 bits per heavy atom. The van der Waals surface area contributed by atoms with Crippen molar-refractivity contribution in [2.75, 3.05) is 24.5 Å². The number of sulfonamides is 1. The van der Waals surface area contributed by atoms with Gasteiger partial charge in [-0.05, 0) is 61.4 Å². The third kappa shape index (κ3) is 7.73. The number of nitrogens with zero attached hydrogens (tertiary/aromatic N) is 2. The van der Waals surface area contributed by atoms with E-state index in [1.165, 1.54) is 66.6 Å². The normalized spacial score (nSPS) is 11.9. The first kappa shape index (κ1) is 30.9. The fourth-order valence-corrected chi connectivity index (χ4v) is 5.64. The van der Waals surface area contributed by atoms with E-state index in [0.717, 1.165) is 17.1 Å². The second kappa shape index (κ2) is 14.1. The molecular formula is C29H33ClFN3O5S. The number of unbranched alkanes of at least 4 members (excludes halogenated alkanes) is 1. The lowest BCUT2D eigenvalue weighted by Crippen LogP contribution is -2.51. The zero-order valence-electron chi connectivity index (χ0n) is 22.6. The zero-order chi connectivity index (χ0) is 29.3. The van der Waals surface area contributed by atoms with Crippen molar-refractivity contribution in [2.24, 2.45) is 0 Å². The quantitative estimate of drug-likeness (QED) is 0.283. The molecule has 214 valence electrons. The average Bonchev–Trinajstić information content (AvgIpc) is 2.95. The molecule has 0 saturated carbocycles. The number of carbonyl (C=O) groups excluding carboxylic acids is 2. The molecule has 0 spiro atoms. The van der Waals surface area contributed by atoms with Crippen LogP contribution in [0.4, 0.5) is 10.1 Å². The van der Waals surface area contributed by atoms with E-state index in [9.17, 15) is 22.4 Å². The number of hydrogen-bond acceptors (Lipinski definition) is 5. The summed E-state index contributed by atoms with van der Waals surface area (Å²) in [6.07, 6.45) is 1.65. The van der Waals surface area contributed by atoms with E-state index in [0.29, 0.717) is 17.9 Å². The van der Waals surface area contributed by atoms with Crippen LogP contribution < -0.4 is 14.4 Å². The van der Waals surface area contributed by atoms with Crippen molar-refractivity contribution in [1.29, 1.82) is 0 Å². The van der Waals surface area contributed by atoms with Crippen molar-refractivity contribution in [2.45, 2.75) is 44.2 Å². The topological polar surface area (TPSA) is 96.0 Å². The molecule has 2 amide bonds. The monoisotopic (exact) mass is 589 g/mol. The summed E-state index contributed by atoms with van der Waals surface area (Å²) >= 11 is 6.32. The zero-order valence-corrected chi connectivity index (χ0v) is 24.2. The summed E-state index contributed by atoms with van der Waals surface area (Å²) in [4.78, 5) is 28.1. The maximum atomic E-state index is 13.9. The number of nitrogens with one attached hydrogen (secondary N) is 1. The molecule has 1 atom stereocenters. The highest BCUT2D eigenvalue weighted by Crippen LogP contribution is 2.32. The van der Waals surface area contributed by atoms with Crippen molar-refractivity contribution in [1.82, 2.24) is 10.2 Å². The number of hydrogen-bond donors (Lipinski definition) is 1. The van der Waals surface area contributed by atoms with Gasteiger partial charge in [0, 0.05) is 13.1 Å². The number of rotatable bonds is 13. The highest BCUT2D eigenvalue weighted by molar-refractivity contribution is 7.92. The van der Waals surface area contributed by atoms with Gasteiger partial charge >= 0.3 is 0 Å². The van der Waals surface area contributed by atoms with Gasteiger partial charge in [-0.1, -0.05) is 55.3 Å². The Labute approximate surface area is 239 Å².